The van der Waals surface area contributed by atoms with Crippen molar-refractivity contribution in [2.75, 3.05) is 0 Å². The number of hydrogen-bond donors (Lipinski definition) is 2. The lowest BCUT2D eigenvalue weighted by Gasteiger charge is -2.59. The quantitative estimate of drug-likeness (QED) is 0.588. The predicted octanol–water partition coefficient (Wildman–Crippen LogP) is 2.50. The molecule has 8 atom stereocenters. The summed E-state index contributed by atoms with van der Waals surface area (Å²) in [6.07, 6.45) is 4.38. The molecule has 144 valence electrons. The average Bonchev–Trinajstić information content (AvgIpc) is 3.24. The molecule has 4 rings (SSSR count). The van der Waals surface area contributed by atoms with Crippen molar-refractivity contribution < 1.29 is 29.3 Å². The normalized spacial score (nSPS) is 49.7. The molecule has 0 radical (unpaired) electrons. The second-order valence-electron chi connectivity index (χ2n) is 9.09. The van der Waals surface area contributed by atoms with Crippen molar-refractivity contribution in [2.45, 2.75) is 71.4 Å². The molecule has 6 nitrogen and oxygen atoms in total. The minimum atomic E-state index is -0.880. The molecular weight excluding hydrogens is 336 g/mol. The van der Waals surface area contributed by atoms with Crippen LogP contribution in [-0.2, 0) is 19.1 Å². The Kier molecular flexibility index (Phi) is 4.01. The van der Waals surface area contributed by atoms with Crippen LogP contribution in [0.3, 0.4) is 0 Å². The molecule has 2 saturated heterocycles. The lowest BCUT2D eigenvalue weighted by molar-refractivity contribution is -0.153. The third kappa shape index (κ3) is 2.45. The van der Waals surface area contributed by atoms with Crippen molar-refractivity contribution in [1.82, 2.24) is 0 Å². The maximum Gasteiger partial charge on any atom is 0.331 e. The molecule has 0 amide bonds. The molecule has 0 spiro atoms. The Bertz CT molecular complexity index is 671. The van der Waals surface area contributed by atoms with Gasteiger partial charge in [0.05, 0.1) is 12.0 Å². The van der Waals surface area contributed by atoms with E-state index >= 15 is 0 Å². The smallest absolute Gasteiger partial charge is 0.331 e. The van der Waals surface area contributed by atoms with Crippen LogP contribution in [0.15, 0.2) is 11.6 Å². The van der Waals surface area contributed by atoms with Gasteiger partial charge >= 0.3 is 11.9 Å². The number of carbonyl (C=O) groups is 2. The number of hydrogen-bond acceptors (Lipinski definition) is 5. The van der Waals surface area contributed by atoms with Crippen LogP contribution in [0.25, 0.3) is 0 Å². The van der Waals surface area contributed by atoms with Gasteiger partial charge in [-0.3, -0.25) is 4.79 Å². The maximum atomic E-state index is 12.0. The number of rotatable bonds is 4. The summed E-state index contributed by atoms with van der Waals surface area (Å²) in [6.45, 7) is 6.22. The summed E-state index contributed by atoms with van der Waals surface area (Å²) in [7, 11) is 0. The van der Waals surface area contributed by atoms with Crippen LogP contribution >= 0.6 is 0 Å². The van der Waals surface area contributed by atoms with Crippen molar-refractivity contribution >= 4 is 11.9 Å². The number of fused-ring (bicyclic) bond motifs is 2. The van der Waals surface area contributed by atoms with Crippen LogP contribution in [0.1, 0.15) is 52.9 Å². The van der Waals surface area contributed by atoms with Gasteiger partial charge in [-0.25, -0.2) is 4.79 Å². The summed E-state index contributed by atoms with van der Waals surface area (Å²) in [4.78, 5) is 23.8. The Morgan fingerprint density at radius 2 is 2.12 bits per heavy atom. The fourth-order valence-corrected chi connectivity index (χ4v) is 6.12. The fourth-order valence-electron chi connectivity index (χ4n) is 6.12. The Labute approximate surface area is 153 Å². The van der Waals surface area contributed by atoms with E-state index in [9.17, 15) is 19.8 Å². The summed E-state index contributed by atoms with van der Waals surface area (Å²) in [5, 5.41) is 20.5. The summed E-state index contributed by atoms with van der Waals surface area (Å²) in [5.41, 5.74) is -0.342. The van der Waals surface area contributed by atoms with Gasteiger partial charge < -0.3 is 19.7 Å². The summed E-state index contributed by atoms with van der Waals surface area (Å²) in [6, 6.07) is 0. The maximum absolute atomic E-state index is 12.0. The van der Waals surface area contributed by atoms with Gasteiger partial charge in [-0.2, -0.15) is 0 Å². The van der Waals surface area contributed by atoms with E-state index in [0.717, 1.165) is 19.3 Å². The molecule has 3 fully saturated rings. The third-order valence-corrected chi connectivity index (χ3v) is 7.87. The largest absolute Gasteiger partial charge is 0.478 e. The summed E-state index contributed by atoms with van der Waals surface area (Å²) in [5.74, 6) is -1.08. The van der Waals surface area contributed by atoms with Crippen molar-refractivity contribution in [3.8, 4) is 0 Å². The van der Waals surface area contributed by atoms with Gasteiger partial charge in [0, 0.05) is 11.0 Å². The van der Waals surface area contributed by atoms with Gasteiger partial charge in [-0.15, -0.1) is 0 Å². The Hall–Kier alpha value is -1.40. The molecule has 0 unspecified atom stereocenters. The number of esters is 1. The molecule has 6 heteroatoms. The Morgan fingerprint density at radius 1 is 1.38 bits per heavy atom. The van der Waals surface area contributed by atoms with Gasteiger partial charge in [-0.05, 0) is 49.4 Å². The van der Waals surface area contributed by atoms with E-state index in [2.05, 4.69) is 13.8 Å². The predicted molar refractivity (Wildman–Crippen MR) is 91.9 cm³/mol. The fraction of sp³-hybridized carbons (Fsp3) is 0.800. The highest BCUT2D eigenvalue weighted by Gasteiger charge is 2.61. The van der Waals surface area contributed by atoms with E-state index in [-0.39, 0.29) is 41.5 Å². The van der Waals surface area contributed by atoms with E-state index in [1.807, 2.05) is 13.0 Å². The molecule has 0 aromatic heterocycles. The van der Waals surface area contributed by atoms with E-state index < -0.39 is 17.5 Å². The first kappa shape index (κ1) is 18.0. The monoisotopic (exact) mass is 364 g/mol. The number of aliphatic hydroxyl groups excluding tert-OH is 1. The van der Waals surface area contributed by atoms with Crippen molar-refractivity contribution in [2.24, 2.45) is 28.6 Å². The Balaban J connectivity index is 1.61. The minimum absolute atomic E-state index is 0.0436. The van der Waals surface area contributed by atoms with Crippen molar-refractivity contribution in [3.63, 3.8) is 0 Å². The van der Waals surface area contributed by atoms with Gasteiger partial charge in [0.1, 0.15) is 6.10 Å². The van der Waals surface area contributed by atoms with Crippen molar-refractivity contribution in [3.05, 3.63) is 11.6 Å². The molecule has 2 aliphatic heterocycles. The number of carboxylic acids is 1. The molecule has 2 heterocycles. The zero-order valence-electron chi connectivity index (χ0n) is 15.6. The van der Waals surface area contributed by atoms with Gasteiger partial charge in [0.2, 0.25) is 6.29 Å². The molecule has 0 bridgehead atoms. The van der Waals surface area contributed by atoms with E-state index in [1.165, 1.54) is 0 Å². The molecule has 1 saturated carbocycles. The molecule has 2 aliphatic carbocycles. The van der Waals surface area contributed by atoms with Crippen LogP contribution in [0.5, 0.6) is 0 Å². The number of aliphatic carboxylic acids is 1. The topological polar surface area (TPSA) is 96.4 Å². The lowest BCUT2D eigenvalue weighted by Crippen LogP contribution is -2.56. The van der Waals surface area contributed by atoms with Crippen LogP contribution < -0.4 is 0 Å². The number of allylic oxidation sites excluding steroid dienone is 1. The average molecular weight is 364 g/mol. The van der Waals surface area contributed by atoms with Crippen LogP contribution in [0.2, 0.25) is 0 Å². The first-order chi connectivity index (χ1) is 12.2. The van der Waals surface area contributed by atoms with Crippen LogP contribution in [0, 0.1) is 28.6 Å². The third-order valence-electron chi connectivity index (χ3n) is 7.87. The standard InChI is InChI=1S/C20H28O6/c1-10-13(21)9-20(3)12(16(22)23)5-4-6-14(20)19(10,2)8-7-11-15-18(25-15)26-17(11)24/h5,10-11,13-15,18,21H,4,6-9H2,1-3H3,(H,22,23)/t10-,11-,13-,14-,15-,18+,19+,20+/m1/s1. The van der Waals surface area contributed by atoms with Gasteiger partial charge in [0.15, 0.2) is 0 Å². The second-order valence-corrected chi connectivity index (χ2v) is 9.09. The number of aliphatic hydroxyl groups is 1. The highest BCUT2D eigenvalue weighted by atomic mass is 16.8. The number of ether oxygens (including phenoxy) is 2. The van der Waals surface area contributed by atoms with Gasteiger partial charge in [-0.1, -0.05) is 26.8 Å². The Morgan fingerprint density at radius 3 is 2.73 bits per heavy atom. The summed E-state index contributed by atoms with van der Waals surface area (Å²) < 4.78 is 10.5. The van der Waals surface area contributed by atoms with Crippen LogP contribution in [0.4, 0.5) is 0 Å². The van der Waals surface area contributed by atoms with Crippen molar-refractivity contribution in [1.29, 1.82) is 0 Å². The van der Waals surface area contributed by atoms with E-state index in [4.69, 9.17) is 9.47 Å². The second kappa shape index (κ2) is 5.80. The number of epoxide rings is 1. The molecular formula is C20H28O6. The molecule has 26 heavy (non-hydrogen) atoms. The van der Waals surface area contributed by atoms with Gasteiger partial charge in [0.25, 0.3) is 0 Å². The zero-order chi connectivity index (χ0) is 18.9. The first-order valence-corrected chi connectivity index (χ1v) is 9.66. The molecule has 2 N–H and O–H groups in total. The number of carboxylic acid groups (broad SMARTS) is 1. The van der Waals surface area contributed by atoms with Crippen LogP contribution in [-0.4, -0.2) is 40.6 Å². The van der Waals surface area contributed by atoms with E-state index in [0.29, 0.717) is 18.4 Å². The highest BCUT2D eigenvalue weighted by molar-refractivity contribution is 5.88. The van der Waals surface area contributed by atoms with E-state index in [1.54, 1.807) is 0 Å². The molecule has 4 aliphatic rings. The minimum Gasteiger partial charge on any atom is -0.478 e. The SMILES string of the molecule is C[C@@H]1[C@H](O)C[C@@]2(C)C(C(=O)O)=CCC[C@@H]2[C@@]1(C)CC[C@H]1C(=O)O[C@@H]2O[C@@H]21. The number of carbonyl (C=O) groups excluding carboxylic acids is 1. The first-order valence-electron chi connectivity index (χ1n) is 9.66. The molecule has 0 aromatic carbocycles. The highest BCUT2D eigenvalue weighted by Crippen LogP contribution is 2.62. The summed E-state index contributed by atoms with van der Waals surface area (Å²) >= 11 is 0. The lowest BCUT2D eigenvalue weighted by atomic mass is 9.46. The zero-order valence-corrected chi connectivity index (χ0v) is 15.6. The molecule has 0 aromatic rings.